The summed E-state index contributed by atoms with van der Waals surface area (Å²) in [6.07, 6.45) is 4.01. The SMILES string of the molecule is O=C(C[C@@H]1CC[C@@H](NS(=O)(=O)c2ccccc2)[C@H](CO)O1)NCCN1CCCCC1. The maximum absolute atomic E-state index is 12.6. The largest absolute Gasteiger partial charge is 0.394 e. The standard InChI is InChI=1S/C21H33N3O5S/c25-16-20-19(23-30(27,28)18-7-3-1-4-8-18)10-9-17(29-20)15-21(26)22-11-14-24-12-5-2-6-13-24/h1,3-4,7-8,17,19-20,23,25H,2,5-6,9-16H2,(H,22,26)/t17-,19+,20-/m0/s1. The summed E-state index contributed by atoms with van der Waals surface area (Å²) >= 11 is 0. The van der Waals surface area contributed by atoms with E-state index in [-0.39, 0.29) is 29.9 Å². The number of ether oxygens (including phenoxy) is 1. The van der Waals surface area contributed by atoms with Gasteiger partial charge >= 0.3 is 0 Å². The fraction of sp³-hybridized carbons (Fsp3) is 0.667. The third-order valence-corrected chi connectivity index (χ3v) is 7.27. The number of benzene rings is 1. The quantitative estimate of drug-likeness (QED) is 0.527. The van der Waals surface area contributed by atoms with Gasteiger partial charge in [-0.25, -0.2) is 13.1 Å². The number of piperidine rings is 1. The van der Waals surface area contributed by atoms with Crippen molar-refractivity contribution in [1.29, 1.82) is 0 Å². The van der Waals surface area contributed by atoms with Gasteiger partial charge in [0.15, 0.2) is 0 Å². The highest BCUT2D eigenvalue weighted by Crippen LogP contribution is 2.23. The summed E-state index contributed by atoms with van der Waals surface area (Å²) in [6.45, 7) is 3.36. The van der Waals surface area contributed by atoms with Crippen LogP contribution in [-0.4, -0.2) is 75.4 Å². The second-order valence-corrected chi connectivity index (χ2v) is 9.77. The fourth-order valence-corrected chi connectivity index (χ4v) is 5.42. The van der Waals surface area contributed by atoms with Gasteiger partial charge in [0.2, 0.25) is 15.9 Å². The van der Waals surface area contributed by atoms with E-state index < -0.39 is 22.2 Å². The first-order chi connectivity index (χ1) is 14.5. The van der Waals surface area contributed by atoms with Crippen LogP contribution >= 0.6 is 0 Å². The Morgan fingerprint density at radius 3 is 2.57 bits per heavy atom. The van der Waals surface area contributed by atoms with Gasteiger partial charge in [-0.3, -0.25) is 4.79 Å². The molecular formula is C21H33N3O5S. The number of rotatable bonds is 9. The van der Waals surface area contributed by atoms with Crippen LogP contribution < -0.4 is 10.0 Å². The van der Waals surface area contributed by atoms with Gasteiger partial charge < -0.3 is 20.1 Å². The van der Waals surface area contributed by atoms with Gasteiger partial charge in [-0.05, 0) is 50.9 Å². The Labute approximate surface area is 179 Å². The van der Waals surface area contributed by atoms with E-state index in [0.29, 0.717) is 19.4 Å². The smallest absolute Gasteiger partial charge is 0.240 e. The molecule has 168 valence electrons. The predicted octanol–water partition coefficient (Wildman–Crippen LogP) is 0.866. The summed E-state index contributed by atoms with van der Waals surface area (Å²) in [4.78, 5) is 14.8. The monoisotopic (exact) mass is 439 g/mol. The molecule has 0 bridgehead atoms. The molecule has 3 N–H and O–H groups in total. The van der Waals surface area contributed by atoms with Gasteiger partial charge in [0.25, 0.3) is 0 Å². The van der Waals surface area contributed by atoms with Crippen molar-refractivity contribution in [3.63, 3.8) is 0 Å². The van der Waals surface area contributed by atoms with Crippen molar-refractivity contribution in [1.82, 2.24) is 14.9 Å². The Bertz CT molecular complexity index is 768. The number of likely N-dealkylation sites (tertiary alicyclic amines) is 1. The maximum atomic E-state index is 12.6. The topological polar surface area (TPSA) is 108 Å². The number of hydrogen-bond acceptors (Lipinski definition) is 6. The average molecular weight is 440 g/mol. The summed E-state index contributed by atoms with van der Waals surface area (Å²) in [6, 6.07) is 7.60. The van der Waals surface area contributed by atoms with Crippen molar-refractivity contribution in [2.24, 2.45) is 0 Å². The lowest BCUT2D eigenvalue weighted by Gasteiger charge is -2.35. The van der Waals surface area contributed by atoms with Gasteiger partial charge in [0.05, 0.1) is 36.2 Å². The third kappa shape index (κ3) is 6.75. The molecule has 1 aromatic rings. The minimum absolute atomic E-state index is 0.0722. The fourth-order valence-electron chi connectivity index (χ4n) is 4.10. The number of amides is 1. The van der Waals surface area contributed by atoms with Crippen LogP contribution in [-0.2, 0) is 19.6 Å². The minimum atomic E-state index is -3.69. The van der Waals surface area contributed by atoms with Gasteiger partial charge in [-0.2, -0.15) is 0 Å². The Hall–Kier alpha value is -1.52. The Kier molecular flexibility index (Phi) is 8.64. The van der Waals surface area contributed by atoms with Gasteiger partial charge in [-0.1, -0.05) is 24.6 Å². The Balaban J connectivity index is 1.44. The highest BCUT2D eigenvalue weighted by atomic mass is 32.2. The highest BCUT2D eigenvalue weighted by molar-refractivity contribution is 7.89. The summed E-state index contributed by atoms with van der Waals surface area (Å²) in [5.74, 6) is -0.0722. The maximum Gasteiger partial charge on any atom is 0.240 e. The lowest BCUT2D eigenvalue weighted by molar-refractivity contribution is -0.130. The molecule has 0 spiro atoms. The van der Waals surface area contributed by atoms with E-state index in [1.165, 1.54) is 31.4 Å². The summed E-state index contributed by atoms with van der Waals surface area (Å²) in [7, 11) is -3.69. The first kappa shape index (κ1) is 23.1. The van der Waals surface area contributed by atoms with Crippen molar-refractivity contribution in [3.05, 3.63) is 30.3 Å². The van der Waals surface area contributed by atoms with Crippen LogP contribution in [0.5, 0.6) is 0 Å². The van der Waals surface area contributed by atoms with Crippen LogP contribution in [0.25, 0.3) is 0 Å². The zero-order valence-electron chi connectivity index (χ0n) is 17.3. The lowest BCUT2D eigenvalue weighted by Crippen LogP contribution is -2.51. The summed E-state index contributed by atoms with van der Waals surface area (Å²) < 4.78 is 33.6. The number of carbonyl (C=O) groups excluding carboxylic acids is 1. The van der Waals surface area contributed by atoms with E-state index in [0.717, 1.165) is 19.6 Å². The van der Waals surface area contributed by atoms with Crippen LogP contribution in [0.3, 0.4) is 0 Å². The van der Waals surface area contributed by atoms with Crippen LogP contribution in [0, 0.1) is 0 Å². The van der Waals surface area contributed by atoms with Gasteiger partial charge in [0, 0.05) is 13.1 Å². The molecule has 0 saturated carbocycles. The number of nitrogens with zero attached hydrogens (tertiary/aromatic N) is 1. The molecule has 2 heterocycles. The van der Waals surface area contributed by atoms with E-state index in [2.05, 4.69) is 14.9 Å². The molecule has 0 aromatic heterocycles. The average Bonchev–Trinajstić information content (AvgIpc) is 2.76. The van der Waals surface area contributed by atoms with Crippen molar-refractivity contribution in [2.45, 2.75) is 61.7 Å². The molecule has 2 aliphatic heterocycles. The second kappa shape index (κ2) is 11.2. The molecule has 3 rings (SSSR count). The molecule has 9 heteroatoms. The molecule has 1 aromatic carbocycles. The van der Waals surface area contributed by atoms with Crippen LogP contribution in [0.4, 0.5) is 0 Å². The number of aliphatic hydroxyl groups excluding tert-OH is 1. The number of sulfonamides is 1. The van der Waals surface area contributed by atoms with Gasteiger partial charge in [-0.15, -0.1) is 0 Å². The zero-order valence-corrected chi connectivity index (χ0v) is 18.1. The summed E-state index contributed by atoms with van der Waals surface area (Å²) in [5, 5.41) is 12.6. The first-order valence-corrected chi connectivity index (χ1v) is 12.3. The van der Waals surface area contributed by atoms with Crippen molar-refractivity contribution in [2.75, 3.05) is 32.8 Å². The lowest BCUT2D eigenvalue weighted by atomic mass is 9.98. The first-order valence-electron chi connectivity index (χ1n) is 10.8. The van der Waals surface area contributed by atoms with Crippen molar-refractivity contribution >= 4 is 15.9 Å². The van der Waals surface area contributed by atoms with Crippen molar-refractivity contribution in [3.8, 4) is 0 Å². The number of aliphatic hydroxyl groups is 1. The number of carbonyl (C=O) groups is 1. The Morgan fingerprint density at radius 1 is 1.13 bits per heavy atom. The molecule has 0 radical (unpaired) electrons. The molecule has 30 heavy (non-hydrogen) atoms. The molecule has 3 atom stereocenters. The Morgan fingerprint density at radius 2 is 1.87 bits per heavy atom. The number of hydrogen-bond donors (Lipinski definition) is 3. The number of nitrogens with one attached hydrogen (secondary N) is 2. The molecule has 0 unspecified atom stereocenters. The zero-order chi connectivity index (χ0) is 21.4. The molecule has 2 aliphatic rings. The minimum Gasteiger partial charge on any atom is -0.394 e. The molecule has 1 amide bonds. The molecule has 2 fully saturated rings. The highest BCUT2D eigenvalue weighted by Gasteiger charge is 2.34. The third-order valence-electron chi connectivity index (χ3n) is 5.77. The van der Waals surface area contributed by atoms with E-state index in [1.807, 2.05) is 0 Å². The van der Waals surface area contributed by atoms with E-state index >= 15 is 0 Å². The molecule has 2 saturated heterocycles. The van der Waals surface area contributed by atoms with Crippen LogP contribution in [0.2, 0.25) is 0 Å². The molecule has 0 aliphatic carbocycles. The normalized spacial score (nSPS) is 25.7. The van der Waals surface area contributed by atoms with Gasteiger partial charge in [0.1, 0.15) is 0 Å². The van der Waals surface area contributed by atoms with Crippen LogP contribution in [0.1, 0.15) is 38.5 Å². The molecule has 8 nitrogen and oxygen atoms in total. The van der Waals surface area contributed by atoms with E-state index in [4.69, 9.17) is 4.74 Å². The van der Waals surface area contributed by atoms with E-state index in [1.54, 1.807) is 18.2 Å². The van der Waals surface area contributed by atoms with E-state index in [9.17, 15) is 18.3 Å². The second-order valence-electron chi connectivity index (χ2n) is 8.05. The van der Waals surface area contributed by atoms with Crippen LogP contribution in [0.15, 0.2) is 35.2 Å². The summed E-state index contributed by atoms with van der Waals surface area (Å²) in [5.41, 5.74) is 0. The predicted molar refractivity (Wildman–Crippen MR) is 113 cm³/mol. The van der Waals surface area contributed by atoms with Crippen molar-refractivity contribution < 1.29 is 23.1 Å². The molecular weight excluding hydrogens is 406 g/mol.